The first-order valence-electron chi connectivity index (χ1n) is 11.3. The zero-order valence-electron chi connectivity index (χ0n) is 18.2. The number of nitrogens with zero attached hydrogens (tertiary/aromatic N) is 2. The van der Waals surface area contributed by atoms with Crippen LogP contribution in [0.5, 0.6) is 5.75 Å². The first kappa shape index (κ1) is 20.9. The summed E-state index contributed by atoms with van der Waals surface area (Å²) < 4.78 is 26.2. The number of pyridine rings is 1. The van der Waals surface area contributed by atoms with Gasteiger partial charge in [0.1, 0.15) is 18.0 Å². The van der Waals surface area contributed by atoms with E-state index >= 15 is 0 Å². The number of carbonyl (C=O) groups is 1. The Kier molecular flexibility index (Phi) is 5.79. The summed E-state index contributed by atoms with van der Waals surface area (Å²) in [6, 6.07) is 15.9. The third kappa shape index (κ3) is 4.07. The molecule has 6 heteroatoms. The Morgan fingerprint density at radius 2 is 2.00 bits per heavy atom. The van der Waals surface area contributed by atoms with E-state index in [0.717, 1.165) is 40.4 Å². The van der Waals surface area contributed by atoms with Gasteiger partial charge >= 0.3 is 0 Å². The largest absolute Gasteiger partial charge is 0.487 e. The fourth-order valence-corrected chi connectivity index (χ4v) is 4.68. The van der Waals surface area contributed by atoms with E-state index < -0.39 is 18.4 Å². The van der Waals surface area contributed by atoms with Crippen molar-refractivity contribution in [1.29, 1.82) is 0 Å². The maximum absolute atomic E-state index is 14.8. The van der Waals surface area contributed by atoms with E-state index in [-0.39, 0.29) is 12.5 Å². The van der Waals surface area contributed by atoms with E-state index in [9.17, 15) is 9.18 Å². The molecule has 0 spiro atoms. The van der Waals surface area contributed by atoms with E-state index in [0.29, 0.717) is 25.3 Å². The van der Waals surface area contributed by atoms with Crippen LogP contribution in [-0.2, 0) is 9.53 Å². The molecule has 5 rings (SSSR count). The number of likely N-dealkylation sites (tertiary alicyclic amines) is 1. The number of ether oxygens (including phenoxy) is 2. The fourth-order valence-electron chi connectivity index (χ4n) is 4.68. The summed E-state index contributed by atoms with van der Waals surface area (Å²) in [5.74, 6) is 0.546. The Hall–Kier alpha value is -2.99. The molecule has 32 heavy (non-hydrogen) atoms. The smallest absolute Gasteiger partial charge is 0.251 e. The number of carbonyl (C=O) groups excluding carboxylic acids is 1. The van der Waals surface area contributed by atoms with Crippen molar-refractivity contribution in [3.8, 4) is 16.9 Å². The monoisotopic (exact) mass is 434 g/mol. The number of halogens is 1. The highest BCUT2D eigenvalue weighted by Gasteiger charge is 2.36. The summed E-state index contributed by atoms with van der Waals surface area (Å²) in [5, 5.41) is 1.12. The molecule has 0 radical (unpaired) electrons. The van der Waals surface area contributed by atoms with Crippen molar-refractivity contribution in [3.05, 3.63) is 60.3 Å². The summed E-state index contributed by atoms with van der Waals surface area (Å²) >= 11 is 0. The lowest BCUT2D eigenvalue weighted by atomic mass is 9.98. The Morgan fingerprint density at radius 3 is 2.75 bits per heavy atom. The average Bonchev–Trinajstić information content (AvgIpc) is 3.36. The molecule has 0 N–H and O–H groups in total. The second-order valence-corrected chi connectivity index (χ2v) is 8.58. The van der Waals surface area contributed by atoms with Crippen LogP contribution < -0.4 is 4.74 Å². The summed E-state index contributed by atoms with van der Waals surface area (Å²) in [7, 11) is 0. The molecule has 2 fully saturated rings. The molecule has 1 aromatic heterocycles. The third-order valence-corrected chi connectivity index (χ3v) is 6.48. The molecule has 3 aromatic rings. The van der Waals surface area contributed by atoms with Gasteiger partial charge in [-0.15, -0.1) is 0 Å². The van der Waals surface area contributed by atoms with E-state index in [1.807, 2.05) is 36.5 Å². The number of hydrogen-bond donors (Lipinski definition) is 0. The first-order chi connectivity index (χ1) is 15.6. The maximum atomic E-state index is 14.8. The number of fused-ring (bicyclic) bond motifs is 1. The molecular weight excluding hydrogens is 407 g/mol. The fraction of sp³-hybridized carbons (Fsp3) is 0.385. The van der Waals surface area contributed by atoms with Crippen LogP contribution in [0.25, 0.3) is 22.0 Å². The van der Waals surface area contributed by atoms with Crippen LogP contribution in [0.4, 0.5) is 4.39 Å². The van der Waals surface area contributed by atoms with Crippen molar-refractivity contribution in [3.63, 3.8) is 0 Å². The molecule has 166 valence electrons. The number of alkyl halides is 1. The normalized spacial score (nSPS) is 23.4. The minimum atomic E-state index is -1.22. The van der Waals surface area contributed by atoms with Crippen molar-refractivity contribution in [2.75, 3.05) is 19.7 Å². The van der Waals surface area contributed by atoms with Crippen LogP contribution in [0.3, 0.4) is 0 Å². The zero-order valence-corrected chi connectivity index (χ0v) is 18.2. The van der Waals surface area contributed by atoms with Gasteiger partial charge in [-0.1, -0.05) is 30.3 Å². The maximum Gasteiger partial charge on any atom is 0.251 e. The van der Waals surface area contributed by atoms with Gasteiger partial charge in [0, 0.05) is 31.2 Å². The molecule has 5 nitrogen and oxygen atoms in total. The molecule has 0 saturated carbocycles. The molecule has 0 unspecified atom stereocenters. The number of rotatable bonds is 4. The lowest BCUT2D eigenvalue weighted by Crippen LogP contribution is -2.51. The Morgan fingerprint density at radius 1 is 1.16 bits per heavy atom. The van der Waals surface area contributed by atoms with Crippen molar-refractivity contribution >= 4 is 16.8 Å². The standard InChI is InChI=1S/C26H27FN2O3/c1-17-21(11-8-19-4-2-13-28-25(17)19)18-6-9-20(10-7-18)32-23-12-14-29(16-22(23)27)26(30)24-5-3-15-31-24/h2,4,6-11,13,22-24H,3,5,12,14-16H2,1H3/t22-,23-,24+/m0/s1. The molecule has 3 heterocycles. The first-order valence-corrected chi connectivity index (χ1v) is 11.3. The highest BCUT2D eigenvalue weighted by molar-refractivity contribution is 5.88. The number of piperidine rings is 1. The molecular formula is C26H27FN2O3. The minimum absolute atomic E-state index is 0.0602. The SMILES string of the molecule is Cc1c(-c2ccc(O[C@H]3CCN(C(=O)[C@H]4CCCO4)C[C@@H]3F)cc2)ccc2cccnc12. The molecule has 0 aliphatic carbocycles. The zero-order chi connectivity index (χ0) is 22.1. The predicted molar refractivity (Wildman–Crippen MR) is 121 cm³/mol. The summed E-state index contributed by atoms with van der Waals surface area (Å²) in [6.07, 6.45) is 1.72. The van der Waals surface area contributed by atoms with Gasteiger partial charge in [-0.3, -0.25) is 9.78 Å². The molecule has 2 saturated heterocycles. The Labute approximate surface area is 187 Å². The predicted octanol–water partition coefficient (Wildman–Crippen LogP) is 4.71. The molecule has 2 aliphatic rings. The van der Waals surface area contributed by atoms with Gasteiger partial charge in [0.2, 0.25) is 0 Å². The van der Waals surface area contributed by atoms with Crippen molar-refractivity contribution in [2.24, 2.45) is 0 Å². The Balaban J connectivity index is 1.24. The van der Waals surface area contributed by atoms with Crippen LogP contribution in [-0.4, -0.2) is 53.9 Å². The van der Waals surface area contributed by atoms with E-state index in [1.165, 1.54) is 0 Å². The van der Waals surface area contributed by atoms with E-state index in [4.69, 9.17) is 9.47 Å². The van der Waals surface area contributed by atoms with Crippen LogP contribution in [0, 0.1) is 6.92 Å². The quantitative estimate of drug-likeness (QED) is 0.597. The lowest BCUT2D eigenvalue weighted by molar-refractivity contribution is -0.144. The molecule has 1 amide bonds. The summed E-state index contributed by atoms with van der Waals surface area (Å²) in [6.45, 7) is 3.24. The number of amides is 1. The van der Waals surface area contributed by atoms with E-state index in [2.05, 4.69) is 30.1 Å². The van der Waals surface area contributed by atoms with Gasteiger partial charge in [0.25, 0.3) is 5.91 Å². The highest BCUT2D eigenvalue weighted by atomic mass is 19.1. The van der Waals surface area contributed by atoms with Gasteiger partial charge in [-0.25, -0.2) is 4.39 Å². The molecule has 0 bridgehead atoms. The van der Waals surface area contributed by atoms with Gasteiger partial charge in [-0.05, 0) is 54.7 Å². The number of hydrogen-bond acceptors (Lipinski definition) is 4. The average molecular weight is 435 g/mol. The highest BCUT2D eigenvalue weighted by Crippen LogP contribution is 2.31. The molecule has 3 atom stereocenters. The van der Waals surface area contributed by atoms with E-state index in [1.54, 1.807) is 4.90 Å². The molecule has 2 aliphatic heterocycles. The van der Waals surface area contributed by atoms with Gasteiger partial charge in [-0.2, -0.15) is 0 Å². The van der Waals surface area contributed by atoms with Gasteiger partial charge in [0.05, 0.1) is 12.1 Å². The number of benzene rings is 2. The van der Waals surface area contributed by atoms with Gasteiger partial charge in [0.15, 0.2) is 6.17 Å². The summed E-state index contributed by atoms with van der Waals surface area (Å²) in [5.41, 5.74) is 4.31. The van der Waals surface area contributed by atoms with Gasteiger partial charge < -0.3 is 14.4 Å². The number of aryl methyl sites for hydroxylation is 1. The minimum Gasteiger partial charge on any atom is -0.487 e. The molecule has 2 aromatic carbocycles. The van der Waals surface area contributed by atoms with Crippen molar-refractivity contribution in [1.82, 2.24) is 9.88 Å². The topological polar surface area (TPSA) is 51.7 Å². The van der Waals surface area contributed by atoms with Crippen LogP contribution in [0.15, 0.2) is 54.7 Å². The van der Waals surface area contributed by atoms with Crippen LogP contribution in [0.1, 0.15) is 24.8 Å². The van der Waals surface area contributed by atoms with Crippen molar-refractivity contribution in [2.45, 2.75) is 44.6 Å². The Bertz CT molecular complexity index is 1110. The number of aromatic nitrogens is 1. The van der Waals surface area contributed by atoms with Crippen LogP contribution in [0.2, 0.25) is 0 Å². The van der Waals surface area contributed by atoms with Crippen molar-refractivity contribution < 1.29 is 18.7 Å². The second kappa shape index (κ2) is 8.87. The lowest BCUT2D eigenvalue weighted by Gasteiger charge is -2.35. The second-order valence-electron chi connectivity index (χ2n) is 8.58. The van der Waals surface area contributed by atoms with Crippen LogP contribution >= 0.6 is 0 Å². The summed E-state index contributed by atoms with van der Waals surface area (Å²) in [4.78, 5) is 18.6. The third-order valence-electron chi connectivity index (χ3n) is 6.48.